The van der Waals surface area contributed by atoms with Gasteiger partial charge in [0.05, 0.1) is 0 Å². The van der Waals surface area contributed by atoms with Gasteiger partial charge in [-0.2, -0.15) is 11.8 Å². The number of hydrogen-bond acceptors (Lipinski definition) is 5. The Balaban J connectivity index is 0.00000182. The fraction of sp³-hybridized carbons (Fsp3) is 0.278. The van der Waals surface area contributed by atoms with E-state index >= 15 is 0 Å². The number of nitrogens with zero attached hydrogens (tertiary/aromatic N) is 1. The van der Waals surface area contributed by atoms with Crippen molar-refractivity contribution in [2.24, 2.45) is 0 Å². The Kier molecular flexibility index (Phi) is 10.2. The Bertz CT molecular complexity index is 743. The Hall–Kier alpha value is -1.80. The van der Waals surface area contributed by atoms with Crippen LogP contribution in [0.15, 0.2) is 48.7 Å². The van der Waals surface area contributed by atoms with E-state index in [0.717, 1.165) is 18.1 Å². The van der Waals surface area contributed by atoms with Crippen molar-refractivity contribution < 1.29 is 9.59 Å². The first kappa shape index (κ1) is 23.2. The normalized spacial score (nSPS) is 15.6. The van der Waals surface area contributed by atoms with Crippen molar-refractivity contribution >= 4 is 59.9 Å². The number of rotatable bonds is 5. The molecule has 2 aromatic rings. The molecule has 146 valence electrons. The van der Waals surface area contributed by atoms with Gasteiger partial charge in [-0.3, -0.25) is 9.59 Å². The summed E-state index contributed by atoms with van der Waals surface area (Å²) in [5, 5.41) is 8.93. The number of nitrogens with one attached hydrogen (secondary N) is 3. The van der Waals surface area contributed by atoms with Crippen molar-refractivity contribution in [2.75, 3.05) is 28.7 Å². The van der Waals surface area contributed by atoms with Gasteiger partial charge in [0.1, 0.15) is 5.82 Å². The largest absolute Gasteiger partial charge is 0.326 e. The number of aromatic nitrogens is 1. The summed E-state index contributed by atoms with van der Waals surface area (Å²) >= 11 is 1.86. The number of hydrogen-bond donors (Lipinski definition) is 3. The molecule has 1 fully saturated rings. The molecular formula is C18H22Cl2N4O2S. The Morgan fingerprint density at radius 3 is 2.70 bits per heavy atom. The molecule has 0 saturated carbocycles. The van der Waals surface area contributed by atoms with Crippen molar-refractivity contribution in [3.8, 4) is 0 Å². The van der Waals surface area contributed by atoms with E-state index in [4.69, 9.17) is 0 Å². The number of amides is 2. The SMILES string of the molecule is Cl.Cl.O=C(CC1CSCCN1)Nc1cccc(C(=O)Nc2ccccn2)c1. The molecule has 3 N–H and O–H groups in total. The van der Waals surface area contributed by atoms with Gasteiger partial charge in [0.25, 0.3) is 5.91 Å². The van der Waals surface area contributed by atoms with E-state index in [0.29, 0.717) is 23.5 Å². The average Bonchev–Trinajstić information content (AvgIpc) is 2.63. The molecule has 6 nitrogen and oxygen atoms in total. The van der Waals surface area contributed by atoms with Gasteiger partial charge in [-0.1, -0.05) is 12.1 Å². The second-order valence-corrected chi connectivity index (χ2v) is 6.88. The van der Waals surface area contributed by atoms with Crippen molar-refractivity contribution in [2.45, 2.75) is 12.5 Å². The molecule has 3 rings (SSSR count). The fourth-order valence-corrected chi connectivity index (χ4v) is 3.50. The Morgan fingerprint density at radius 2 is 2.00 bits per heavy atom. The highest BCUT2D eigenvalue weighted by Gasteiger charge is 2.17. The number of carbonyl (C=O) groups is 2. The number of carbonyl (C=O) groups excluding carboxylic acids is 2. The van der Waals surface area contributed by atoms with E-state index in [1.54, 1.807) is 48.7 Å². The van der Waals surface area contributed by atoms with Gasteiger partial charge in [0.15, 0.2) is 0 Å². The first-order chi connectivity index (χ1) is 12.2. The van der Waals surface area contributed by atoms with E-state index in [1.165, 1.54) is 0 Å². The van der Waals surface area contributed by atoms with E-state index < -0.39 is 0 Å². The lowest BCUT2D eigenvalue weighted by Crippen LogP contribution is -2.39. The standard InChI is InChI=1S/C18H20N4O2S.2ClH/c23-17(11-15-12-25-9-8-19-15)21-14-5-3-4-13(10-14)18(24)22-16-6-1-2-7-20-16;;/h1-7,10,15,19H,8-9,11-12H2,(H,21,23)(H,20,22,24);2*1H. The van der Waals surface area contributed by atoms with Gasteiger partial charge in [0.2, 0.25) is 5.91 Å². The molecule has 1 aliphatic rings. The number of halogens is 2. The zero-order valence-corrected chi connectivity index (χ0v) is 17.0. The topological polar surface area (TPSA) is 83.1 Å². The van der Waals surface area contributed by atoms with Crippen LogP contribution in [0, 0.1) is 0 Å². The second kappa shape index (κ2) is 11.8. The minimum absolute atomic E-state index is 0. The molecule has 1 atom stereocenters. The van der Waals surface area contributed by atoms with Crippen LogP contribution in [0.4, 0.5) is 11.5 Å². The third kappa shape index (κ3) is 7.38. The zero-order chi connectivity index (χ0) is 17.5. The smallest absolute Gasteiger partial charge is 0.256 e. The third-order valence-corrected chi connectivity index (χ3v) is 4.88. The third-order valence-electron chi connectivity index (χ3n) is 3.75. The molecule has 0 spiro atoms. The van der Waals surface area contributed by atoms with Gasteiger partial charge in [0, 0.05) is 48.0 Å². The van der Waals surface area contributed by atoms with Crippen LogP contribution in [0.1, 0.15) is 16.8 Å². The molecule has 0 bridgehead atoms. The molecule has 1 aromatic carbocycles. The minimum Gasteiger partial charge on any atom is -0.326 e. The summed E-state index contributed by atoms with van der Waals surface area (Å²) in [5.74, 6) is 2.20. The molecule has 2 amide bonds. The molecule has 1 aromatic heterocycles. The lowest BCUT2D eigenvalue weighted by atomic mass is 10.1. The van der Waals surface area contributed by atoms with Crippen LogP contribution in [0.5, 0.6) is 0 Å². The maximum Gasteiger partial charge on any atom is 0.256 e. The van der Waals surface area contributed by atoms with Crippen LogP contribution in [0.2, 0.25) is 0 Å². The van der Waals surface area contributed by atoms with E-state index in [9.17, 15) is 9.59 Å². The molecule has 1 aliphatic heterocycles. The zero-order valence-electron chi connectivity index (χ0n) is 14.5. The van der Waals surface area contributed by atoms with Crippen LogP contribution in [0.3, 0.4) is 0 Å². The summed E-state index contributed by atoms with van der Waals surface area (Å²) in [4.78, 5) is 28.5. The lowest BCUT2D eigenvalue weighted by Gasteiger charge is -2.22. The summed E-state index contributed by atoms with van der Waals surface area (Å²) in [5.41, 5.74) is 1.08. The molecule has 2 heterocycles. The fourth-order valence-electron chi connectivity index (χ4n) is 2.55. The summed E-state index contributed by atoms with van der Waals surface area (Å²) < 4.78 is 0. The summed E-state index contributed by atoms with van der Waals surface area (Å²) in [6.45, 7) is 0.936. The number of pyridine rings is 1. The van der Waals surface area contributed by atoms with Crippen LogP contribution in [0.25, 0.3) is 0 Å². The van der Waals surface area contributed by atoms with E-state index in [-0.39, 0.29) is 42.7 Å². The number of anilines is 2. The predicted molar refractivity (Wildman–Crippen MR) is 115 cm³/mol. The molecule has 27 heavy (non-hydrogen) atoms. The van der Waals surface area contributed by atoms with Crippen molar-refractivity contribution in [1.29, 1.82) is 0 Å². The van der Waals surface area contributed by atoms with Crippen LogP contribution in [-0.2, 0) is 4.79 Å². The highest BCUT2D eigenvalue weighted by atomic mass is 35.5. The number of benzene rings is 1. The van der Waals surface area contributed by atoms with E-state index in [1.807, 2.05) is 11.8 Å². The highest BCUT2D eigenvalue weighted by Crippen LogP contribution is 2.15. The monoisotopic (exact) mass is 428 g/mol. The van der Waals surface area contributed by atoms with Crippen molar-refractivity contribution in [1.82, 2.24) is 10.3 Å². The van der Waals surface area contributed by atoms with Crippen LogP contribution >= 0.6 is 36.6 Å². The first-order valence-corrected chi connectivity index (χ1v) is 9.29. The van der Waals surface area contributed by atoms with Gasteiger partial charge < -0.3 is 16.0 Å². The molecule has 0 radical (unpaired) electrons. The second-order valence-electron chi connectivity index (χ2n) is 5.73. The maximum atomic E-state index is 12.3. The highest BCUT2D eigenvalue weighted by molar-refractivity contribution is 7.99. The Labute approximate surface area is 175 Å². The quantitative estimate of drug-likeness (QED) is 0.680. The molecule has 1 saturated heterocycles. The first-order valence-electron chi connectivity index (χ1n) is 8.14. The molecule has 0 aliphatic carbocycles. The summed E-state index contributed by atoms with van der Waals surface area (Å²) in [6.07, 6.45) is 2.04. The predicted octanol–water partition coefficient (Wildman–Crippen LogP) is 3.21. The van der Waals surface area contributed by atoms with E-state index in [2.05, 4.69) is 20.9 Å². The average molecular weight is 429 g/mol. The van der Waals surface area contributed by atoms with Crippen molar-refractivity contribution in [3.05, 3.63) is 54.2 Å². The maximum absolute atomic E-state index is 12.3. The van der Waals surface area contributed by atoms with Gasteiger partial charge in [-0.25, -0.2) is 4.98 Å². The van der Waals surface area contributed by atoms with Gasteiger partial charge in [-0.05, 0) is 30.3 Å². The van der Waals surface area contributed by atoms with Gasteiger partial charge >= 0.3 is 0 Å². The molecular weight excluding hydrogens is 407 g/mol. The summed E-state index contributed by atoms with van der Waals surface area (Å²) in [7, 11) is 0. The Morgan fingerprint density at radius 1 is 1.15 bits per heavy atom. The van der Waals surface area contributed by atoms with Crippen LogP contribution in [-0.4, -0.2) is 40.9 Å². The summed E-state index contributed by atoms with van der Waals surface area (Å²) in [6, 6.07) is 12.4. The molecule has 1 unspecified atom stereocenters. The minimum atomic E-state index is -0.264. The van der Waals surface area contributed by atoms with Crippen LogP contribution < -0.4 is 16.0 Å². The molecule has 9 heteroatoms. The number of thioether (sulfide) groups is 1. The van der Waals surface area contributed by atoms with Crippen molar-refractivity contribution in [3.63, 3.8) is 0 Å². The lowest BCUT2D eigenvalue weighted by molar-refractivity contribution is -0.116. The van der Waals surface area contributed by atoms with Gasteiger partial charge in [-0.15, -0.1) is 24.8 Å².